The number of sulfonamides is 4. The first-order chi connectivity index (χ1) is 65.3. The minimum Gasteiger partial charge on any atom is -0.480 e. The highest BCUT2D eigenvalue weighted by atomic mass is 32.2. The Hall–Kier alpha value is -12.0. The van der Waals surface area contributed by atoms with Crippen molar-refractivity contribution in [2.75, 3.05) is 0 Å². The van der Waals surface area contributed by atoms with Crippen molar-refractivity contribution in [1.82, 2.24) is 62.1 Å². The van der Waals surface area contributed by atoms with Gasteiger partial charge in [0.2, 0.25) is 57.6 Å². The van der Waals surface area contributed by atoms with E-state index in [2.05, 4.69) is 44.9 Å². The topological polar surface area (TPSA) is 400 Å². The van der Waals surface area contributed by atoms with Crippen LogP contribution >= 0.6 is 0 Å². The maximum atomic E-state index is 14.6. The van der Waals surface area contributed by atoms with Crippen LogP contribution in [0.25, 0.3) is 33.8 Å². The van der Waals surface area contributed by atoms with E-state index in [4.69, 9.17) is 5.73 Å². The van der Waals surface area contributed by atoms with Gasteiger partial charge in [-0.25, -0.2) is 112 Å². The van der Waals surface area contributed by atoms with Gasteiger partial charge in [0, 0.05) is 115 Å². The van der Waals surface area contributed by atoms with Crippen LogP contribution in [0.15, 0.2) is 191 Å². The lowest BCUT2D eigenvalue weighted by atomic mass is 9.92. The molecule has 28 nitrogen and oxygen atoms in total. The van der Waals surface area contributed by atoms with Crippen LogP contribution in [0.5, 0.6) is 0 Å². The van der Waals surface area contributed by atoms with Gasteiger partial charge in [-0.2, -0.15) is 56.7 Å². The standard InChI is InChI=1S/2C25H20F6N4O3S.2C13H13F2NO4S.C11H8F4N4/c2*26-15-2-4-17(5-3-15)39(37,38)35-16-8-18(19(27)9-16)23(35)22(36)6-1-13-7-21(32-12-20(13)28)14-10-33-24(34-11-14)25(29,30)31;14-8-1-3-9(4-2-8)21(19,20)16-11-6-7(5-10(11)15)12(16)13(17)18;14-7-1-3-9(4-2-7)21(19,20)16-8-5-10(11(15)6-8)12(16)13(17)18;12-8-5-17-9(1-6(8)2-16)7-3-18-10(19-4-7)11(13,14)15/h2*2-5,7,10-12,16,18-19,23H,1,6,8-9H2;1-4,7,10-12H,5-6H2,(H,17,18);1-4,8,10-12H,5-6H2,(H,17,18);1,3-5H,2,16H2/t16?,18-,19?,23?;16-,18?,19-,23-;;;/m10.../s1. The summed E-state index contributed by atoms with van der Waals surface area (Å²) in [6, 6.07) is 11.9. The first-order valence-corrected chi connectivity index (χ1v) is 47.6. The molecule has 4 aromatic carbocycles. The number of hydrogen-bond donors (Lipinski definition) is 3. The third-order valence-corrected chi connectivity index (χ3v) is 32.6. The number of carboxylic acid groups (broad SMARTS) is 2. The molecule has 0 radical (unpaired) electrons. The number of nitrogens with two attached hydrogens (primary N) is 1. The number of ketones is 2. The molecule has 4 aliphatic carbocycles. The van der Waals surface area contributed by atoms with Crippen molar-refractivity contribution in [3.8, 4) is 33.8 Å². The highest BCUT2D eigenvalue weighted by Crippen LogP contribution is 2.52. The maximum Gasteiger partial charge on any atom is 0.451 e. The molecular formula is C87H74F20N14O14S4. The van der Waals surface area contributed by atoms with Gasteiger partial charge in [-0.15, -0.1) is 0 Å². The quantitative estimate of drug-likeness (QED) is 0.0530. The summed E-state index contributed by atoms with van der Waals surface area (Å²) in [4.78, 5) is 79.3. The van der Waals surface area contributed by atoms with Crippen molar-refractivity contribution in [1.29, 1.82) is 0 Å². The highest BCUT2D eigenvalue weighted by molar-refractivity contribution is 7.90. The fraction of sp³-hybridized carbons (Fsp3) is 0.368. The average molecular weight is 2050 g/mol. The zero-order chi connectivity index (χ0) is 101. The van der Waals surface area contributed by atoms with E-state index in [9.17, 15) is 151 Å². The summed E-state index contributed by atoms with van der Waals surface area (Å²) >= 11 is 0. The van der Waals surface area contributed by atoms with Gasteiger partial charge in [-0.3, -0.25) is 34.1 Å². The summed E-state index contributed by atoms with van der Waals surface area (Å²) in [6.45, 7) is -0.0388. The number of aliphatic carboxylic acids is 2. The summed E-state index contributed by atoms with van der Waals surface area (Å²) in [5.74, 6) is -15.5. The molecule has 8 fully saturated rings. The molecule has 8 aliphatic rings. The summed E-state index contributed by atoms with van der Waals surface area (Å²) < 4.78 is 372. The zero-order valence-electron chi connectivity index (χ0n) is 71.0. The number of carbonyl (C=O) groups is 4. The van der Waals surface area contributed by atoms with Crippen LogP contribution < -0.4 is 5.73 Å². The number of Topliss-reactive ketones (excluding diaryl/α,β-unsaturated/α-hetero) is 2. The lowest BCUT2D eigenvalue weighted by Gasteiger charge is -2.34. The minimum atomic E-state index is -4.74. The molecule has 8 bridgehead atoms. The molecular weight excluding hydrogens is 1970 g/mol. The molecule has 6 aromatic heterocycles. The third-order valence-electron chi connectivity index (χ3n) is 24.8. The van der Waals surface area contributed by atoms with Gasteiger partial charge in [-0.1, -0.05) is 0 Å². The van der Waals surface area contributed by atoms with E-state index in [1.54, 1.807) is 0 Å². The average Bonchev–Trinajstić information content (AvgIpc) is 1.59. The fourth-order valence-corrected chi connectivity index (χ4v) is 25.9. The molecule has 10 aromatic rings. The van der Waals surface area contributed by atoms with E-state index >= 15 is 0 Å². The van der Waals surface area contributed by atoms with Crippen LogP contribution in [0.4, 0.5) is 87.8 Å². The number of carboxylic acids is 2. The first-order valence-electron chi connectivity index (χ1n) is 41.8. The molecule has 0 amide bonds. The van der Waals surface area contributed by atoms with Crippen LogP contribution in [0.1, 0.15) is 98.4 Å². The molecule has 4 aliphatic heterocycles. The van der Waals surface area contributed by atoms with Gasteiger partial charge in [-0.05, 0) is 197 Å². The molecule has 4 saturated heterocycles. The summed E-state index contributed by atoms with van der Waals surface area (Å²) in [5.41, 5.74) is 6.36. The monoisotopic (exact) mass is 2050 g/mol. The number of fused-ring (bicyclic) bond motifs is 8. The number of benzene rings is 4. The molecule has 139 heavy (non-hydrogen) atoms. The molecule has 740 valence electrons. The first kappa shape index (κ1) is 103. The Morgan fingerprint density at radius 1 is 0.338 bits per heavy atom. The number of halogens is 20. The Balaban J connectivity index is 0.000000144. The molecule has 10 heterocycles. The number of aromatic nitrogens is 9. The van der Waals surface area contributed by atoms with Gasteiger partial charge in [0.15, 0.2) is 11.6 Å². The van der Waals surface area contributed by atoms with Gasteiger partial charge in [0.05, 0.1) is 73.4 Å². The number of rotatable bonds is 22. The van der Waals surface area contributed by atoms with E-state index in [-0.39, 0.29) is 154 Å². The molecule has 4 N–H and O–H groups in total. The second-order valence-electron chi connectivity index (χ2n) is 33.3. The molecule has 52 heteroatoms. The van der Waals surface area contributed by atoms with Crippen molar-refractivity contribution in [3.05, 3.63) is 246 Å². The van der Waals surface area contributed by atoms with E-state index in [1.807, 2.05) is 0 Å². The largest absolute Gasteiger partial charge is 0.480 e. The Bertz CT molecular complexity index is 6510. The molecule has 18 rings (SSSR count). The van der Waals surface area contributed by atoms with Crippen molar-refractivity contribution >= 4 is 63.6 Å². The van der Waals surface area contributed by atoms with E-state index in [0.717, 1.165) is 170 Å². The predicted octanol–water partition coefficient (Wildman–Crippen LogP) is 14.0. The molecule has 12 unspecified atom stereocenters. The van der Waals surface area contributed by atoms with E-state index < -0.39 is 237 Å². The highest BCUT2D eigenvalue weighted by Gasteiger charge is 2.63. The van der Waals surface area contributed by atoms with Gasteiger partial charge in [0.1, 0.15) is 77.5 Å². The summed E-state index contributed by atoms with van der Waals surface area (Å²) in [5, 5.41) is 18.5. The summed E-state index contributed by atoms with van der Waals surface area (Å²) in [7, 11) is -16.8. The van der Waals surface area contributed by atoms with Crippen LogP contribution in [0.2, 0.25) is 0 Å². The van der Waals surface area contributed by atoms with Crippen molar-refractivity contribution in [3.63, 3.8) is 0 Å². The second-order valence-corrected chi connectivity index (χ2v) is 40.7. The Labute approximate surface area is 776 Å². The van der Waals surface area contributed by atoms with Crippen molar-refractivity contribution in [2.45, 2.75) is 195 Å². The van der Waals surface area contributed by atoms with E-state index in [0.29, 0.717) is 0 Å². The molecule has 16 atom stereocenters. The minimum absolute atomic E-state index is 0.00106. The fourth-order valence-electron chi connectivity index (χ4n) is 18.5. The molecule has 4 saturated carbocycles. The summed E-state index contributed by atoms with van der Waals surface area (Å²) in [6.07, 6.45) is -11.7. The number of piperidine rings is 4. The second kappa shape index (κ2) is 40.3. The van der Waals surface area contributed by atoms with Gasteiger partial charge in [0.25, 0.3) is 0 Å². The van der Waals surface area contributed by atoms with Gasteiger partial charge < -0.3 is 15.9 Å². The van der Waals surface area contributed by atoms with Crippen LogP contribution in [-0.4, -0.2) is 202 Å². The zero-order valence-corrected chi connectivity index (χ0v) is 74.2. The number of carbonyl (C=O) groups excluding carboxylic acids is 2. The number of nitrogens with zero attached hydrogens (tertiary/aromatic N) is 13. The van der Waals surface area contributed by atoms with E-state index in [1.165, 1.54) is 18.2 Å². The Morgan fingerprint density at radius 3 is 0.885 bits per heavy atom. The number of alkyl halides is 13. The predicted molar refractivity (Wildman–Crippen MR) is 443 cm³/mol. The number of aryl methyl sites for hydroxylation is 2. The van der Waals surface area contributed by atoms with Crippen LogP contribution in [-0.2, 0) is 97.2 Å². The Kier molecular flexibility index (Phi) is 29.9. The lowest BCUT2D eigenvalue weighted by molar-refractivity contribution is -0.145. The van der Waals surface area contributed by atoms with Crippen molar-refractivity contribution < 1.29 is 151 Å². The maximum absolute atomic E-state index is 14.6. The lowest BCUT2D eigenvalue weighted by Crippen LogP contribution is -2.52. The van der Waals surface area contributed by atoms with Gasteiger partial charge >= 0.3 is 30.5 Å². The molecule has 0 spiro atoms. The van der Waals surface area contributed by atoms with Crippen molar-refractivity contribution in [2.24, 2.45) is 29.4 Å². The Morgan fingerprint density at radius 2 is 0.604 bits per heavy atom. The van der Waals surface area contributed by atoms with Crippen LogP contribution in [0.3, 0.4) is 0 Å². The smallest absolute Gasteiger partial charge is 0.451 e. The third kappa shape index (κ3) is 21.7. The SMILES string of the molecule is NCc1cc(-c2cnc(C(F)(F)F)nc2)ncc1F.O=C(CCc1cc(-c2cnc(C(F)(F)F)nc2)ncc1F)C1[C@@H]2CC(CC2F)N1S(=O)(=O)c1ccc(F)cc1.O=C(CCc1cc(-c2cnc(C(F)(F)F)nc2)ncc1F)[C@@H]1C2C[C@@H](C[C@@H]2F)N1S(=O)(=O)c1ccc(F)cc1.O=C(O)C1C2CC(CC2F)N1S(=O)(=O)c1ccc(F)cc1.O=C(O)C1C2CC(F)C(C2)N1S(=O)(=O)c1ccc(F)cc1. The van der Waals surface area contributed by atoms with Crippen LogP contribution in [0, 0.1) is 64.4 Å². The number of hydrogen-bond acceptors (Lipinski definition) is 22. The number of pyridine rings is 3. The normalized spacial score (nSPS) is 24.5.